The maximum Gasteiger partial charge on any atom is 0.255 e. The molecule has 1 N–H and O–H groups in total. The van der Waals surface area contributed by atoms with Crippen LogP contribution in [0.4, 0.5) is 11.5 Å². The molecule has 3 aromatic rings. The summed E-state index contributed by atoms with van der Waals surface area (Å²) in [5.41, 5.74) is 0.624. The van der Waals surface area contributed by atoms with Gasteiger partial charge in [0, 0.05) is 10.5 Å². The number of aromatic nitrogens is 4. The van der Waals surface area contributed by atoms with E-state index in [1.165, 1.54) is 10.8 Å². The molecule has 0 fully saturated rings. The van der Waals surface area contributed by atoms with Gasteiger partial charge in [0.1, 0.15) is 17.3 Å². The lowest BCUT2D eigenvalue weighted by Crippen LogP contribution is -2.02. The molecule has 0 radical (unpaired) electrons. The molecule has 0 atom stereocenters. The molecule has 5 nitrogen and oxygen atoms in total. The quantitative estimate of drug-likeness (QED) is 0.511. The molecule has 0 saturated carbocycles. The van der Waals surface area contributed by atoms with Gasteiger partial charge in [-0.05, 0) is 28.1 Å². The lowest BCUT2D eigenvalue weighted by atomic mass is 10.3. The third-order valence-electron chi connectivity index (χ3n) is 2.52. The molecule has 3 rings (SSSR count). The number of benzene rings is 1. The van der Waals surface area contributed by atoms with E-state index in [0.717, 1.165) is 0 Å². The summed E-state index contributed by atoms with van der Waals surface area (Å²) in [4.78, 5) is 8.03. The van der Waals surface area contributed by atoms with Crippen molar-refractivity contribution in [3.8, 4) is 0 Å². The van der Waals surface area contributed by atoms with Crippen LogP contribution in [-0.2, 0) is 0 Å². The zero-order valence-electron chi connectivity index (χ0n) is 9.61. The first-order chi connectivity index (χ1) is 9.56. The van der Waals surface area contributed by atoms with E-state index in [-0.39, 0.29) is 0 Å². The minimum absolute atomic E-state index is 0.298. The van der Waals surface area contributed by atoms with Crippen LogP contribution in [0.3, 0.4) is 0 Å². The van der Waals surface area contributed by atoms with Crippen molar-refractivity contribution in [2.75, 3.05) is 5.32 Å². The second kappa shape index (κ2) is 5.37. The lowest BCUT2D eigenvalue weighted by molar-refractivity contribution is 0.947. The largest absolute Gasteiger partial charge is 0.339 e. The average Bonchev–Trinajstić information content (AvgIpc) is 2.87. The van der Waals surface area contributed by atoms with Crippen molar-refractivity contribution in [3.05, 3.63) is 44.2 Å². The summed E-state index contributed by atoms with van der Waals surface area (Å²) in [6.45, 7) is 0. The fourth-order valence-corrected chi connectivity index (χ4v) is 2.63. The molecule has 0 saturated heterocycles. The smallest absolute Gasteiger partial charge is 0.255 e. The van der Waals surface area contributed by atoms with Gasteiger partial charge in [-0.15, -0.1) is 0 Å². The first kappa shape index (κ1) is 13.9. The van der Waals surface area contributed by atoms with Crippen molar-refractivity contribution >= 4 is 68.0 Å². The number of hydrogen-bond donors (Lipinski definition) is 1. The maximum absolute atomic E-state index is 6.19. The van der Waals surface area contributed by atoms with E-state index in [1.807, 2.05) is 0 Å². The highest BCUT2D eigenvalue weighted by Gasteiger charge is 2.12. The van der Waals surface area contributed by atoms with Crippen LogP contribution < -0.4 is 5.32 Å². The van der Waals surface area contributed by atoms with Crippen molar-refractivity contribution in [1.29, 1.82) is 0 Å². The molecule has 0 bridgehead atoms. The second-order valence-corrected chi connectivity index (χ2v) is 5.78. The Bertz CT molecular complexity index is 804. The second-order valence-electron chi connectivity index (χ2n) is 3.78. The normalized spacial score (nSPS) is 11.0. The van der Waals surface area contributed by atoms with E-state index < -0.39 is 0 Å². The van der Waals surface area contributed by atoms with Crippen LogP contribution in [0.2, 0.25) is 15.2 Å². The molecule has 2 heterocycles. The van der Waals surface area contributed by atoms with Gasteiger partial charge in [0.2, 0.25) is 0 Å². The molecule has 102 valence electrons. The van der Waals surface area contributed by atoms with Gasteiger partial charge in [-0.2, -0.15) is 19.6 Å². The summed E-state index contributed by atoms with van der Waals surface area (Å²) in [5.74, 6) is 0.970. The molecule has 0 aliphatic heterocycles. The van der Waals surface area contributed by atoms with Crippen molar-refractivity contribution in [2.24, 2.45) is 0 Å². The number of hydrogen-bond acceptors (Lipinski definition) is 4. The van der Waals surface area contributed by atoms with Gasteiger partial charge < -0.3 is 5.32 Å². The van der Waals surface area contributed by atoms with Gasteiger partial charge in [0.15, 0.2) is 0 Å². The van der Waals surface area contributed by atoms with Crippen LogP contribution in [-0.4, -0.2) is 19.6 Å². The van der Waals surface area contributed by atoms with Crippen molar-refractivity contribution < 1.29 is 0 Å². The Kier molecular flexibility index (Phi) is 3.72. The lowest BCUT2D eigenvalue weighted by Gasteiger charge is -2.11. The average molecular weight is 393 g/mol. The fraction of sp³-hybridized carbons (Fsp3) is 0. The highest BCUT2D eigenvalue weighted by atomic mass is 79.9. The van der Waals surface area contributed by atoms with Crippen molar-refractivity contribution in [2.45, 2.75) is 0 Å². The van der Waals surface area contributed by atoms with E-state index in [0.29, 0.717) is 37.0 Å². The van der Waals surface area contributed by atoms with Gasteiger partial charge in [0.05, 0.1) is 15.7 Å². The molecule has 2 aromatic heterocycles. The van der Waals surface area contributed by atoms with E-state index in [9.17, 15) is 0 Å². The summed E-state index contributed by atoms with van der Waals surface area (Å²) in [6, 6.07) is 5.20. The predicted molar refractivity (Wildman–Crippen MR) is 83.2 cm³/mol. The zero-order chi connectivity index (χ0) is 14.3. The number of nitrogens with zero attached hydrogens (tertiary/aromatic N) is 4. The molecule has 0 aliphatic rings. The third-order valence-corrected chi connectivity index (χ3v) is 4.48. The molecule has 0 amide bonds. The van der Waals surface area contributed by atoms with Gasteiger partial charge in [-0.25, -0.2) is 0 Å². The van der Waals surface area contributed by atoms with Gasteiger partial charge in [-0.3, -0.25) is 0 Å². The SMILES string of the molecule is Clc1cc(Nc2ccc(Br)c(Cl)c2Cl)n2ncnc2n1. The van der Waals surface area contributed by atoms with E-state index in [4.69, 9.17) is 34.8 Å². The monoisotopic (exact) mass is 391 g/mol. The van der Waals surface area contributed by atoms with Crippen LogP contribution >= 0.6 is 50.7 Å². The van der Waals surface area contributed by atoms with Crippen LogP contribution in [0, 0.1) is 0 Å². The first-order valence-corrected chi connectivity index (χ1v) is 7.26. The summed E-state index contributed by atoms with van der Waals surface area (Å²) in [5, 5.41) is 8.28. The Balaban J connectivity index is 2.10. The Morgan fingerprint density at radius 1 is 1.15 bits per heavy atom. The maximum atomic E-state index is 6.19. The minimum Gasteiger partial charge on any atom is -0.339 e. The Morgan fingerprint density at radius 3 is 2.75 bits per heavy atom. The number of anilines is 2. The third kappa shape index (κ3) is 2.44. The fourth-order valence-electron chi connectivity index (χ4n) is 1.63. The first-order valence-electron chi connectivity index (χ1n) is 5.33. The van der Waals surface area contributed by atoms with Gasteiger partial charge in [0.25, 0.3) is 5.78 Å². The van der Waals surface area contributed by atoms with Crippen LogP contribution in [0.15, 0.2) is 29.0 Å². The zero-order valence-corrected chi connectivity index (χ0v) is 13.5. The topological polar surface area (TPSA) is 55.1 Å². The Labute approximate surface area is 137 Å². The van der Waals surface area contributed by atoms with Gasteiger partial charge in [-0.1, -0.05) is 34.8 Å². The van der Waals surface area contributed by atoms with Crippen molar-refractivity contribution in [3.63, 3.8) is 0 Å². The molecule has 0 aliphatic carbocycles. The molecule has 20 heavy (non-hydrogen) atoms. The minimum atomic E-state index is 0.298. The standard InChI is InChI=1S/C11H5BrCl3N5/c12-5-1-2-6(10(15)9(5)14)18-8-3-7(13)19-11-16-4-17-20(8)11/h1-4,18H. The number of nitrogens with one attached hydrogen (secondary N) is 1. The summed E-state index contributed by atoms with van der Waals surface area (Å²) in [6.07, 6.45) is 1.39. The molecule has 1 aromatic carbocycles. The van der Waals surface area contributed by atoms with E-state index in [2.05, 4.69) is 36.3 Å². The van der Waals surface area contributed by atoms with E-state index >= 15 is 0 Å². The summed E-state index contributed by atoms with van der Waals surface area (Å²) in [7, 11) is 0. The molecule has 0 unspecified atom stereocenters. The molecular weight excluding hydrogens is 388 g/mol. The molecule has 9 heteroatoms. The predicted octanol–water partition coefficient (Wildman–Crippen LogP) is 4.59. The Morgan fingerprint density at radius 2 is 1.95 bits per heavy atom. The number of halogens is 4. The number of rotatable bonds is 2. The summed E-state index contributed by atoms with van der Waals surface area (Å²) >= 11 is 21.5. The highest BCUT2D eigenvalue weighted by Crippen LogP contribution is 2.37. The Hall–Kier alpha value is -1.08. The van der Waals surface area contributed by atoms with Gasteiger partial charge >= 0.3 is 0 Å². The van der Waals surface area contributed by atoms with E-state index in [1.54, 1.807) is 18.2 Å². The highest BCUT2D eigenvalue weighted by molar-refractivity contribution is 9.10. The molecular formula is C11H5BrCl3N5. The van der Waals surface area contributed by atoms with Crippen LogP contribution in [0.25, 0.3) is 5.78 Å². The van der Waals surface area contributed by atoms with Crippen molar-refractivity contribution in [1.82, 2.24) is 19.6 Å². The van der Waals surface area contributed by atoms with Crippen LogP contribution in [0.5, 0.6) is 0 Å². The summed E-state index contributed by atoms with van der Waals surface area (Å²) < 4.78 is 2.23. The number of fused-ring (bicyclic) bond motifs is 1. The van der Waals surface area contributed by atoms with Crippen LogP contribution in [0.1, 0.15) is 0 Å². The molecule has 0 spiro atoms.